The smallest absolute Gasteiger partial charge is 0.145 e. The summed E-state index contributed by atoms with van der Waals surface area (Å²) in [6, 6.07) is 8.02. The average Bonchev–Trinajstić information content (AvgIpc) is 2.37. The number of nitrogens with two attached hydrogens (primary N) is 1. The van der Waals surface area contributed by atoms with Crippen LogP contribution in [0.2, 0.25) is 0 Å². The standard InChI is InChI=1S/C12H16ClN3S/c1-3-17-11-7-5-4-6-10(11)16-12(15-2)9(13)8-14/h4-8H,3,14H2,1-2H3,(H,15,16). The number of nitrogens with one attached hydrogen (secondary N) is 1. The summed E-state index contributed by atoms with van der Waals surface area (Å²) in [6.07, 6.45) is 1.33. The lowest BCUT2D eigenvalue weighted by molar-refractivity contribution is 1.37. The van der Waals surface area contributed by atoms with Crippen molar-refractivity contribution in [3.05, 3.63) is 35.5 Å². The van der Waals surface area contributed by atoms with Gasteiger partial charge in [-0.2, -0.15) is 0 Å². The number of hydrogen-bond donors (Lipinski definition) is 2. The molecule has 17 heavy (non-hydrogen) atoms. The van der Waals surface area contributed by atoms with Crippen LogP contribution in [-0.2, 0) is 0 Å². The SMILES string of the molecule is CCSc1ccccc1NC(=NC)C(Cl)=CN. The quantitative estimate of drug-likeness (QED) is 0.501. The van der Waals surface area contributed by atoms with Gasteiger partial charge in [-0.25, -0.2) is 0 Å². The Labute approximate surface area is 111 Å². The van der Waals surface area contributed by atoms with Crippen molar-refractivity contribution in [3.8, 4) is 0 Å². The van der Waals surface area contributed by atoms with E-state index < -0.39 is 0 Å². The van der Waals surface area contributed by atoms with Gasteiger partial charge in [-0.1, -0.05) is 30.7 Å². The molecule has 1 aromatic carbocycles. The van der Waals surface area contributed by atoms with E-state index in [1.54, 1.807) is 18.8 Å². The van der Waals surface area contributed by atoms with Crippen molar-refractivity contribution in [2.75, 3.05) is 18.1 Å². The molecule has 0 bridgehead atoms. The van der Waals surface area contributed by atoms with Gasteiger partial charge in [0.25, 0.3) is 0 Å². The lowest BCUT2D eigenvalue weighted by atomic mass is 10.3. The lowest BCUT2D eigenvalue weighted by Crippen LogP contribution is -2.13. The number of rotatable bonds is 4. The summed E-state index contributed by atoms with van der Waals surface area (Å²) in [6.45, 7) is 2.11. The van der Waals surface area contributed by atoms with Crippen LogP contribution in [0.3, 0.4) is 0 Å². The first kappa shape index (κ1) is 13.9. The zero-order valence-electron chi connectivity index (χ0n) is 9.90. The highest BCUT2D eigenvalue weighted by Gasteiger charge is 2.06. The van der Waals surface area contributed by atoms with E-state index >= 15 is 0 Å². The monoisotopic (exact) mass is 269 g/mol. The first-order valence-electron chi connectivity index (χ1n) is 5.26. The maximum atomic E-state index is 5.95. The Morgan fingerprint density at radius 3 is 2.82 bits per heavy atom. The second-order valence-electron chi connectivity index (χ2n) is 3.14. The van der Waals surface area contributed by atoms with Crippen LogP contribution in [0.5, 0.6) is 0 Å². The van der Waals surface area contributed by atoms with E-state index in [-0.39, 0.29) is 0 Å². The number of benzene rings is 1. The van der Waals surface area contributed by atoms with Crippen LogP contribution in [0.15, 0.2) is 45.4 Å². The fraction of sp³-hybridized carbons (Fsp3) is 0.250. The van der Waals surface area contributed by atoms with Crippen molar-refractivity contribution < 1.29 is 0 Å². The van der Waals surface area contributed by atoms with Gasteiger partial charge < -0.3 is 11.1 Å². The highest BCUT2D eigenvalue weighted by atomic mass is 35.5. The van der Waals surface area contributed by atoms with Gasteiger partial charge in [-0.15, -0.1) is 11.8 Å². The number of hydrogen-bond acceptors (Lipinski definition) is 3. The number of halogens is 1. The Morgan fingerprint density at radius 2 is 2.24 bits per heavy atom. The fourth-order valence-electron chi connectivity index (χ4n) is 1.28. The average molecular weight is 270 g/mol. The van der Waals surface area contributed by atoms with Crippen molar-refractivity contribution in [1.82, 2.24) is 0 Å². The topological polar surface area (TPSA) is 50.4 Å². The summed E-state index contributed by atoms with van der Waals surface area (Å²) >= 11 is 7.71. The Hall–Kier alpha value is -1.13. The minimum absolute atomic E-state index is 0.406. The highest BCUT2D eigenvalue weighted by Crippen LogP contribution is 2.27. The normalized spacial score (nSPS) is 12.6. The Kier molecular flexibility index (Phi) is 5.94. The van der Waals surface area contributed by atoms with Crippen molar-refractivity contribution in [2.24, 2.45) is 10.7 Å². The van der Waals surface area contributed by atoms with E-state index in [2.05, 4.69) is 23.3 Å². The molecule has 0 unspecified atom stereocenters. The first-order valence-corrected chi connectivity index (χ1v) is 6.62. The summed E-state index contributed by atoms with van der Waals surface area (Å²) in [5.41, 5.74) is 6.36. The van der Waals surface area contributed by atoms with Gasteiger partial charge in [0, 0.05) is 18.1 Å². The van der Waals surface area contributed by atoms with Crippen LogP contribution in [0, 0.1) is 0 Å². The minimum atomic E-state index is 0.406. The predicted molar refractivity (Wildman–Crippen MR) is 77.9 cm³/mol. The van der Waals surface area contributed by atoms with Gasteiger partial charge in [0.05, 0.1) is 10.7 Å². The third kappa shape index (κ3) is 3.98. The fourth-order valence-corrected chi connectivity index (χ4v) is 2.17. The molecule has 5 heteroatoms. The van der Waals surface area contributed by atoms with Crippen LogP contribution in [0.4, 0.5) is 5.69 Å². The van der Waals surface area contributed by atoms with Crippen LogP contribution < -0.4 is 11.1 Å². The molecule has 0 aliphatic heterocycles. The van der Waals surface area contributed by atoms with E-state index in [9.17, 15) is 0 Å². The van der Waals surface area contributed by atoms with E-state index in [0.717, 1.165) is 16.3 Å². The molecule has 1 aromatic rings. The third-order valence-electron chi connectivity index (χ3n) is 2.04. The summed E-state index contributed by atoms with van der Waals surface area (Å²) < 4.78 is 0. The molecule has 0 aromatic heterocycles. The Morgan fingerprint density at radius 1 is 1.53 bits per heavy atom. The van der Waals surface area contributed by atoms with E-state index in [1.165, 1.54) is 6.20 Å². The van der Waals surface area contributed by atoms with Gasteiger partial charge in [-0.05, 0) is 17.9 Å². The molecule has 1 rings (SSSR count). The maximum absolute atomic E-state index is 5.95. The van der Waals surface area contributed by atoms with Crippen molar-refractivity contribution >= 4 is 34.9 Å². The predicted octanol–water partition coefficient (Wildman–Crippen LogP) is 3.28. The molecule has 0 fully saturated rings. The third-order valence-corrected chi connectivity index (χ3v) is 3.30. The molecule has 0 atom stereocenters. The van der Waals surface area contributed by atoms with Crippen LogP contribution in [0.25, 0.3) is 0 Å². The molecule has 0 saturated carbocycles. The zero-order chi connectivity index (χ0) is 12.7. The second kappa shape index (κ2) is 7.25. The zero-order valence-corrected chi connectivity index (χ0v) is 11.5. The number of para-hydroxylation sites is 1. The second-order valence-corrected chi connectivity index (χ2v) is 4.85. The van der Waals surface area contributed by atoms with Gasteiger partial charge in [0.15, 0.2) is 0 Å². The van der Waals surface area contributed by atoms with E-state index in [1.807, 2.05) is 18.2 Å². The molecular weight excluding hydrogens is 254 g/mol. The molecule has 3 N–H and O–H groups in total. The number of amidine groups is 1. The Balaban J connectivity index is 2.94. The number of thioether (sulfide) groups is 1. The molecular formula is C12H16ClN3S. The molecule has 0 saturated heterocycles. The van der Waals surface area contributed by atoms with Crippen molar-refractivity contribution in [2.45, 2.75) is 11.8 Å². The summed E-state index contributed by atoms with van der Waals surface area (Å²) in [4.78, 5) is 5.24. The Bertz CT molecular complexity index is 430. The van der Waals surface area contributed by atoms with E-state index in [4.69, 9.17) is 17.3 Å². The minimum Gasteiger partial charge on any atom is -0.403 e. The molecule has 92 valence electrons. The summed E-state index contributed by atoms with van der Waals surface area (Å²) in [5.74, 6) is 1.58. The number of anilines is 1. The lowest BCUT2D eigenvalue weighted by Gasteiger charge is -2.12. The van der Waals surface area contributed by atoms with Crippen molar-refractivity contribution in [3.63, 3.8) is 0 Å². The van der Waals surface area contributed by atoms with Crippen molar-refractivity contribution in [1.29, 1.82) is 0 Å². The summed E-state index contributed by atoms with van der Waals surface area (Å²) in [5, 5.41) is 3.59. The van der Waals surface area contributed by atoms with Crippen LogP contribution >= 0.6 is 23.4 Å². The van der Waals surface area contributed by atoms with Gasteiger partial charge in [0.1, 0.15) is 5.84 Å². The summed E-state index contributed by atoms with van der Waals surface area (Å²) in [7, 11) is 1.67. The first-order chi connectivity index (χ1) is 8.22. The number of aliphatic imine (C=N–C) groups is 1. The molecule has 3 nitrogen and oxygen atoms in total. The highest BCUT2D eigenvalue weighted by molar-refractivity contribution is 7.99. The molecule has 0 aliphatic rings. The van der Waals surface area contributed by atoms with Gasteiger partial charge >= 0.3 is 0 Å². The largest absolute Gasteiger partial charge is 0.403 e. The molecule has 0 amide bonds. The van der Waals surface area contributed by atoms with Gasteiger partial charge in [-0.3, -0.25) is 4.99 Å². The van der Waals surface area contributed by atoms with Crippen LogP contribution in [0.1, 0.15) is 6.92 Å². The molecule has 0 radical (unpaired) electrons. The van der Waals surface area contributed by atoms with E-state index in [0.29, 0.717) is 10.9 Å². The van der Waals surface area contributed by atoms with Crippen LogP contribution in [-0.4, -0.2) is 18.6 Å². The molecule has 0 heterocycles. The van der Waals surface area contributed by atoms with Gasteiger partial charge in [0.2, 0.25) is 0 Å². The molecule has 0 aliphatic carbocycles. The maximum Gasteiger partial charge on any atom is 0.145 e. The molecule has 0 spiro atoms. The number of nitrogens with zero attached hydrogens (tertiary/aromatic N) is 1.